The summed E-state index contributed by atoms with van der Waals surface area (Å²) in [7, 11) is 0. The maximum absolute atomic E-state index is 11.9. The Kier molecular flexibility index (Phi) is 5.41. The van der Waals surface area contributed by atoms with E-state index in [-0.39, 0.29) is 5.91 Å². The summed E-state index contributed by atoms with van der Waals surface area (Å²) in [5.74, 6) is 0.0852. The van der Waals surface area contributed by atoms with Crippen LogP contribution in [0.2, 0.25) is 0 Å². The molecule has 1 amide bonds. The largest absolute Gasteiger partial charge is 0.399 e. The van der Waals surface area contributed by atoms with Crippen molar-refractivity contribution in [3.8, 4) is 0 Å². The van der Waals surface area contributed by atoms with Crippen LogP contribution in [0.25, 0.3) is 0 Å². The second kappa shape index (κ2) is 7.29. The van der Waals surface area contributed by atoms with Gasteiger partial charge in [-0.1, -0.05) is 6.92 Å². The van der Waals surface area contributed by atoms with E-state index in [0.717, 1.165) is 24.7 Å². The molecule has 4 nitrogen and oxygen atoms in total. The van der Waals surface area contributed by atoms with Crippen molar-refractivity contribution in [2.75, 3.05) is 24.1 Å². The van der Waals surface area contributed by atoms with Crippen LogP contribution < -0.4 is 11.1 Å². The highest BCUT2D eigenvalue weighted by molar-refractivity contribution is 5.90. The molecule has 0 spiro atoms. The van der Waals surface area contributed by atoms with Crippen LogP contribution in [0, 0.1) is 0 Å². The highest BCUT2D eigenvalue weighted by atomic mass is 16.1. The second-order valence-electron chi connectivity index (χ2n) is 5.51. The molecule has 0 aromatic heterocycles. The van der Waals surface area contributed by atoms with Crippen LogP contribution in [0.4, 0.5) is 11.4 Å². The molecule has 1 aromatic rings. The van der Waals surface area contributed by atoms with Crippen molar-refractivity contribution < 1.29 is 4.79 Å². The predicted molar refractivity (Wildman–Crippen MR) is 83.6 cm³/mol. The van der Waals surface area contributed by atoms with Gasteiger partial charge in [0.1, 0.15) is 0 Å². The Morgan fingerprint density at radius 2 is 2.15 bits per heavy atom. The molecule has 2 rings (SSSR count). The molecule has 1 unspecified atom stereocenters. The first-order valence-electron chi connectivity index (χ1n) is 7.58. The molecule has 4 heteroatoms. The molecule has 1 heterocycles. The average molecular weight is 275 g/mol. The number of benzene rings is 1. The zero-order valence-corrected chi connectivity index (χ0v) is 12.3. The van der Waals surface area contributed by atoms with Crippen molar-refractivity contribution in [2.45, 2.75) is 45.1 Å². The van der Waals surface area contributed by atoms with Gasteiger partial charge in [-0.3, -0.25) is 4.79 Å². The molecular formula is C16H25N3O. The number of likely N-dealkylation sites (tertiary alicyclic amines) is 1. The number of nitrogens with two attached hydrogens (primary N) is 1. The van der Waals surface area contributed by atoms with E-state index < -0.39 is 0 Å². The Labute approximate surface area is 121 Å². The number of nitrogens with one attached hydrogen (secondary N) is 1. The number of hydrogen-bond donors (Lipinski definition) is 2. The molecule has 1 aromatic carbocycles. The standard InChI is InChI=1S/C16H25N3O/c1-2-15-5-3-11-19(15)12-4-6-16(20)18-14-9-7-13(17)8-10-14/h7-10,15H,2-6,11-12,17H2,1H3,(H,18,20). The molecule has 1 aliphatic rings. The van der Waals surface area contributed by atoms with E-state index in [4.69, 9.17) is 5.73 Å². The predicted octanol–water partition coefficient (Wildman–Crippen LogP) is 2.86. The SMILES string of the molecule is CCC1CCCN1CCCC(=O)Nc1ccc(N)cc1. The molecule has 3 N–H and O–H groups in total. The molecular weight excluding hydrogens is 250 g/mol. The van der Waals surface area contributed by atoms with Gasteiger partial charge >= 0.3 is 0 Å². The molecule has 0 saturated carbocycles. The summed E-state index contributed by atoms with van der Waals surface area (Å²) in [4.78, 5) is 14.4. The van der Waals surface area contributed by atoms with Gasteiger partial charge in [0.05, 0.1) is 0 Å². The normalized spacial score (nSPS) is 19.1. The first kappa shape index (κ1) is 14.9. The van der Waals surface area contributed by atoms with Crippen LogP contribution in [0.15, 0.2) is 24.3 Å². The van der Waals surface area contributed by atoms with Gasteiger partial charge in [-0.25, -0.2) is 0 Å². The minimum atomic E-state index is 0.0852. The minimum Gasteiger partial charge on any atom is -0.399 e. The summed E-state index contributed by atoms with van der Waals surface area (Å²) in [5, 5.41) is 2.91. The lowest BCUT2D eigenvalue weighted by molar-refractivity contribution is -0.116. The summed E-state index contributed by atoms with van der Waals surface area (Å²) in [6.45, 7) is 4.47. The van der Waals surface area contributed by atoms with Crippen molar-refractivity contribution >= 4 is 17.3 Å². The van der Waals surface area contributed by atoms with Crippen molar-refractivity contribution in [3.05, 3.63) is 24.3 Å². The fourth-order valence-electron chi connectivity index (χ4n) is 2.88. The van der Waals surface area contributed by atoms with Gasteiger partial charge in [0.2, 0.25) is 5.91 Å². The van der Waals surface area contributed by atoms with E-state index >= 15 is 0 Å². The van der Waals surface area contributed by atoms with Crippen LogP contribution in [0.1, 0.15) is 39.0 Å². The van der Waals surface area contributed by atoms with Gasteiger partial charge in [-0.05, 0) is 63.0 Å². The van der Waals surface area contributed by atoms with E-state index in [0.29, 0.717) is 12.1 Å². The van der Waals surface area contributed by atoms with E-state index in [1.54, 1.807) is 12.1 Å². The molecule has 0 aliphatic carbocycles. The van der Waals surface area contributed by atoms with Crippen LogP contribution >= 0.6 is 0 Å². The van der Waals surface area contributed by atoms with Gasteiger partial charge in [0.25, 0.3) is 0 Å². The summed E-state index contributed by atoms with van der Waals surface area (Å²) in [6, 6.07) is 7.99. The Hall–Kier alpha value is -1.55. The molecule has 110 valence electrons. The number of anilines is 2. The van der Waals surface area contributed by atoms with Gasteiger partial charge in [0.15, 0.2) is 0 Å². The number of nitrogens with zero attached hydrogens (tertiary/aromatic N) is 1. The highest BCUT2D eigenvalue weighted by Gasteiger charge is 2.22. The van der Waals surface area contributed by atoms with Crippen molar-refractivity contribution in [1.29, 1.82) is 0 Å². The number of rotatable bonds is 6. The first-order valence-corrected chi connectivity index (χ1v) is 7.58. The van der Waals surface area contributed by atoms with Crippen molar-refractivity contribution in [2.24, 2.45) is 0 Å². The Balaban J connectivity index is 1.69. The van der Waals surface area contributed by atoms with E-state index in [2.05, 4.69) is 17.1 Å². The summed E-state index contributed by atoms with van der Waals surface area (Å²) >= 11 is 0. The third-order valence-electron chi connectivity index (χ3n) is 4.01. The van der Waals surface area contributed by atoms with Crippen LogP contribution in [-0.2, 0) is 4.79 Å². The van der Waals surface area contributed by atoms with E-state index in [1.807, 2.05) is 12.1 Å². The Morgan fingerprint density at radius 1 is 1.40 bits per heavy atom. The molecule has 1 fully saturated rings. The van der Waals surface area contributed by atoms with E-state index in [9.17, 15) is 4.79 Å². The first-order chi connectivity index (χ1) is 9.69. The Bertz CT molecular complexity index is 430. The van der Waals surface area contributed by atoms with Crippen molar-refractivity contribution in [1.82, 2.24) is 4.90 Å². The number of amides is 1. The zero-order chi connectivity index (χ0) is 14.4. The van der Waals surface area contributed by atoms with Gasteiger partial charge in [-0.2, -0.15) is 0 Å². The van der Waals surface area contributed by atoms with Crippen LogP contribution in [0.3, 0.4) is 0 Å². The lowest BCUT2D eigenvalue weighted by atomic mass is 10.1. The third kappa shape index (κ3) is 4.23. The maximum Gasteiger partial charge on any atom is 0.224 e. The number of carbonyl (C=O) groups excluding carboxylic acids is 1. The maximum atomic E-state index is 11.9. The fourth-order valence-corrected chi connectivity index (χ4v) is 2.88. The molecule has 1 aliphatic heterocycles. The summed E-state index contributed by atoms with van der Waals surface area (Å²) in [5.41, 5.74) is 7.14. The van der Waals surface area contributed by atoms with Crippen LogP contribution in [0.5, 0.6) is 0 Å². The molecule has 0 radical (unpaired) electrons. The lowest BCUT2D eigenvalue weighted by Crippen LogP contribution is -2.30. The number of hydrogen-bond acceptors (Lipinski definition) is 3. The Morgan fingerprint density at radius 3 is 2.85 bits per heavy atom. The zero-order valence-electron chi connectivity index (χ0n) is 12.3. The molecule has 20 heavy (non-hydrogen) atoms. The van der Waals surface area contributed by atoms with E-state index in [1.165, 1.54) is 25.8 Å². The quantitative estimate of drug-likeness (QED) is 0.785. The topological polar surface area (TPSA) is 58.4 Å². The smallest absolute Gasteiger partial charge is 0.224 e. The minimum absolute atomic E-state index is 0.0852. The lowest BCUT2D eigenvalue weighted by Gasteiger charge is -2.22. The second-order valence-corrected chi connectivity index (χ2v) is 5.51. The van der Waals surface area contributed by atoms with Crippen molar-refractivity contribution in [3.63, 3.8) is 0 Å². The third-order valence-corrected chi connectivity index (χ3v) is 4.01. The fraction of sp³-hybridized carbons (Fsp3) is 0.562. The number of carbonyl (C=O) groups is 1. The van der Waals surface area contributed by atoms with Gasteiger partial charge < -0.3 is 16.0 Å². The molecule has 1 saturated heterocycles. The average Bonchev–Trinajstić information content (AvgIpc) is 2.89. The van der Waals surface area contributed by atoms with Gasteiger partial charge in [0, 0.05) is 23.8 Å². The van der Waals surface area contributed by atoms with Crippen LogP contribution in [-0.4, -0.2) is 29.9 Å². The molecule has 0 bridgehead atoms. The van der Waals surface area contributed by atoms with Gasteiger partial charge in [-0.15, -0.1) is 0 Å². The monoisotopic (exact) mass is 275 g/mol. The number of nitrogen functional groups attached to an aromatic ring is 1. The highest BCUT2D eigenvalue weighted by Crippen LogP contribution is 2.20. The summed E-state index contributed by atoms with van der Waals surface area (Å²) < 4.78 is 0. The molecule has 1 atom stereocenters. The summed E-state index contributed by atoms with van der Waals surface area (Å²) in [6.07, 6.45) is 5.34.